The molecule has 0 saturated carbocycles. The Morgan fingerprint density at radius 2 is 1.76 bits per heavy atom. The van der Waals surface area contributed by atoms with Crippen LogP contribution in [0.4, 0.5) is 5.69 Å². The number of anilines is 1. The van der Waals surface area contributed by atoms with Crippen molar-refractivity contribution in [2.75, 3.05) is 12.4 Å². The molecule has 170 valence electrons. The number of aromatic nitrogens is 2. The molecular formula is C23H23N5O4S. The quantitative estimate of drug-likeness (QED) is 0.570. The fraction of sp³-hybridized carbons (Fsp3) is 0.217. The van der Waals surface area contributed by atoms with Crippen LogP contribution >= 0.6 is 0 Å². The Balaban J connectivity index is 1.71. The van der Waals surface area contributed by atoms with E-state index in [2.05, 4.69) is 10.4 Å². The zero-order valence-electron chi connectivity index (χ0n) is 18.4. The van der Waals surface area contributed by atoms with Crippen LogP contribution in [0.15, 0.2) is 64.3 Å². The van der Waals surface area contributed by atoms with E-state index in [4.69, 9.17) is 0 Å². The van der Waals surface area contributed by atoms with Crippen LogP contribution in [0, 0.1) is 25.2 Å². The third-order valence-corrected chi connectivity index (χ3v) is 6.95. The standard InChI is InChI=1S/C23H23N5O4S/c1-16-17(2)26-28(23(30)21(16)13-24)15-22(29)25-19-9-11-20(12-10-19)33(31,32)27(3)14-18-7-5-4-6-8-18/h4-12H,14-15H2,1-3H3,(H,25,29). The van der Waals surface area contributed by atoms with E-state index in [1.165, 1.54) is 35.6 Å². The molecule has 0 aliphatic rings. The normalized spacial score (nSPS) is 11.2. The number of carbonyl (C=O) groups is 1. The van der Waals surface area contributed by atoms with Crippen molar-refractivity contribution in [2.45, 2.75) is 31.8 Å². The van der Waals surface area contributed by atoms with Crippen LogP contribution in [0.2, 0.25) is 0 Å². The molecule has 1 N–H and O–H groups in total. The predicted molar refractivity (Wildman–Crippen MR) is 123 cm³/mol. The van der Waals surface area contributed by atoms with Crippen molar-refractivity contribution in [2.24, 2.45) is 0 Å². The number of hydrogen-bond donors (Lipinski definition) is 1. The Labute approximate surface area is 192 Å². The summed E-state index contributed by atoms with van der Waals surface area (Å²) in [5.74, 6) is -0.534. The van der Waals surface area contributed by atoms with Crippen molar-refractivity contribution >= 4 is 21.6 Å². The maximum Gasteiger partial charge on any atom is 0.285 e. The van der Waals surface area contributed by atoms with Gasteiger partial charge in [0.2, 0.25) is 15.9 Å². The number of hydrogen-bond acceptors (Lipinski definition) is 6. The van der Waals surface area contributed by atoms with Crippen molar-refractivity contribution in [1.29, 1.82) is 5.26 Å². The molecule has 0 unspecified atom stereocenters. The van der Waals surface area contributed by atoms with Crippen molar-refractivity contribution in [1.82, 2.24) is 14.1 Å². The maximum atomic E-state index is 12.8. The third-order valence-electron chi connectivity index (χ3n) is 5.14. The van der Waals surface area contributed by atoms with Gasteiger partial charge in [0.1, 0.15) is 18.2 Å². The lowest BCUT2D eigenvalue weighted by Gasteiger charge is -2.17. The lowest BCUT2D eigenvalue weighted by atomic mass is 10.1. The van der Waals surface area contributed by atoms with E-state index in [-0.39, 0.29) is 23.5 Å². The van der Waals surface area contributed by atoms with E-state index < -0.39 is 21.5 Å². The monoisotopic (exact) mass is 465 g/mol. The van der Waals surface area contributed by atoms with Crippen LogP contribution in [0.25, 0.3) is 0 Å². The molecule has 0 spiro atoms. The highest BCUT2D eigenvalue weighted by Crippen LogP contribution is 2.19. The summed E-state index contributed by atoms with van der Waals surface area (Å²) in [5, 5.41) is 15.9. The first-order valence-electron chi connectivity index (χ1n) is 10.0. The lowest BCUT2D eigenvalue weighted by Crippen LogP contribution is -2.32. The molecule has 2 aromatic carbocycles. The number of nitrogens with zero attached hydrogens (tertiary/aromatic N) is 4. The van der Waals surface area contributed by atoms with Crippen LogP contribution in [0.3, 0.4) is 0 Å². The Hall–Kier alpha value is -3.81. The molecule has 0 fully saturated rings. The van der Waals surface area contributed by atoms with Gasteiger partial charge in [-0.05, 0) is 49.2 Å². The molecule has 3 rings (SSSR count). The minimum atomic E-state index is -3.72. The van der Waals surface area contributed by atoms with Gasteiger partial charge >= 0.3 is 0 Å². The van der Waals surface area contributed by atoms with Crippen molar-refractivity contribution in [3.63, 3.8) is 0 Å². The fourth-order valence-electron chi connectivity index (χ4n) is 3.16. The first-order valence-corrected chi connectivity index (χ1v) is 11.5. The molecule has 3 aromatic rings. The molecule has 0 bridgehead atoms. The van der Waals surface area contributed by atoms with Gasteiger partial charge in [-0.1, -0.05) is 30.3 Å². The number of sulfonamides is 1. The summed E-state index contributed by atoms with van der Waals surface area (Å²) in [4.78, 5) is 24.8. The van der Waals surface area contributed by atoms with Gasteiger partial charge in [0, 0.05) is 19.3 Å². The van der Waals surface area contributed by atoms with Gasteiger partial charge in [0.15, 0.2) is 0 Å². The molecular weight excluding hydrogens is 442 g/mol. The second-order valence-electron chi connectivity index (χ2n) is 7.48. The molecule has 0 aliphatic heterocycles. The molecule has 1 heterocycles. The minimum absolute atomic E-state index is 0.0514. The molecule has 33 heavy (non-hydrogen) atoms. The smallest absolute Gasteiger partial charge is 0.285 e. The van der Waals surface area contributed by atoms with Crippen LogP contribution in [-0.2, 0) is 27.9 Å². The zero-order chi connectivity index (χ0) is 24.2. The number of aryl methyl sites for hydroxylation is 1. The van der Waals surface area contributed by atoms with Gasteiger partial charge in [0.25, 0.3) is 5.56 Å². The molecule has 1 amide bonds. The van der Waals surface area contributed by atoms with Crippen LogP contribution < -0.4 is 10.9 Å². The van der Waals surface area contributed by atoms with E-state index in [9.17, 15) is 23.3 Å². The first-order chi connectivity index (χ1) is 15.6. The summed E-state index contributed by atoms with van der Waals surface area (Å²) in [6, 6.07) is 16.8. The molecule has 0 saturated heterocycles. The van der Waals surface area contributed by atoms with Crippen LogP contribution in [0.5, 0.6) is 0 Å². The van der Waals surface area contributed by atoms with E-state index in [1.807, 2.05) is 36.4 Å². The average Bonchev–Trinajstić information content (AvgIpc) is 2.79. The highest BCUT2D eigenvalue weighted by atomic mass is 32.2. The van der Waals surface area contributed by atoms with Crippen LogP contribution in [-0.4, -0.2) is 35.5 Å². The number of nitrogens with one attached hydrogen (secondary N) is 1. The van der Waals surface area contributed by atoms with Gasteiger partial charge in [-0.25, -0.2) is 13.1 Å². The summed E-state index contributed by atoms with van der Waals surface area (Å²) >= 11 is 0. The Kier molecular flexibility index (Phi) is 7.06. The second kappa shape index (κ2) is 9.77. The summed E-state index contributed by atoms with van der Waals surface area (Å²) in [6.07, 6.45) is 0. The number of carbonyl (C=O) groups excluding carboxylic acids is 1. The van der Waals surface area contributed by atoms with Gasteiger partial charge < -0.3 is 5.32 Å². The third kappa shape index (κ3) is 5.34. The lowest BCUT2D eigenvalue weighted by molar-refractivity contribution is -0.117. The van der Waals surface area contributed by atoms with Crippen molar-refractivity contribution in [3.05, 3.63) is 87.3 Å². The van der Waals surface area contributed by atoms with Gasteiger partial charge in [0.05, 0.1) is 10.6 Å². The van der Waals surface area contributed by atoms with Crippen molar-refractivity contribution in [3.8, 4) is 6.07 Å². The minimum Gasteiger partial charge on any atom is -0.324 e. The molecule has 0 aliphatic carbocycles. The summed E-state index contributed by atoms with van der Waals surface area (Å²) in [5.41, 5.74) is 1.49. The van der Waals surface area contributed by atoms with Gasteiger partial charge in [-0.2, -0.15) is 14.7 Å². The maximum absolute atomic E-state index is 12.8. The summed E-state index contributed by atoms with van der Waals surface area (Å²) in [6.45, 7) is 3.12. The highest BCUT2D eigenvalue weighted by molar-refractivity contribution is 7.89. The fourth-order valence-corrected chi connectivity index (χ4v) is 4.32. The topological polar surface area (TPSA) is 125 Å². The number of rotatable bonds is 7. The Morgan fingerprint density at radius 3 is 2.36 bits per heavy atom. The summed E-state index contributed by atoms with van der Waals surface area (Å²) in [7, 11) is -2.22. The second-order valence-corrected chi connectivity index (χ2v) is 9.52. The van der Waals surface area contributed by atoms with Crippen molar-refractivity contribution < 1.29 is 13.2 Å². The molecule has 0 radical (unpaired) electrons. The molecule has 9 nitrogen and oxygen atoms in total. The molecule has 0 atom stereocenters. The number of amides is 1. The van der Waals surface area contributed by atoms with E-state index in [0.29, 0.717) is 16.9 Å². The number of nitriles is 1. The first kappa shape index (κ1) is 23.8. The summed E-state index contributed by atoms with van der Waals surface area (Å²) < 4.78 is 27.9. The van der Waals surface area contributed by atoms with Crippen LogP contribution in [0.1, 0.15) is 22.4 Å². The predicted octanol–water partition coefficient (Wildman–Crippen LogP) is 2.19. The molecule has 1 aromatic heterocycles. The largest absolute Gasteiger partial charge is 0.324 e. The number of benzene rings is 2. The SMILES string of the molecule is Cc1nn(CC(=O)Nc2ccc(S(=O)(=O)N(C)Cc3ccccc3)cc2)c(=O)c(C#N)c1C. The average molecular weight is 466 g/mol. The van der Waals surface area contributed by atoms with Gasteiger partial charge in [-0.3, -0.25) is 9.59 Å². The highest BCUT2D eigenvalue weighted by Gasteiger charge is 2.21. The zero-order valence-corrected chi connectivity index (χ0v) is 19.3. The Morgan fingerprint density at radius 1 is 1.12 bits per heavy atom. The van der Waals surface area contributed by atoms with E-state index >= 15 is 0 Å². The molecule has 10 heteroatoms. The Bertz CT molecular complexity index is 1380. The van der Waals surface area contributed by atoms with Gasteiger partial charge in [-0.15, -0.1) is 0 Å². The van der Waals surface area contributed by atoms with E-state index in [1.54, 1.807) is 13.8 Å². The van der Waals surface area contributed by atoms with E-state index in [0.717, 1.165) is 10.2 Å².